The Labute approximate surface area is 96.5 Å². The van der Waals surface area contributed by atoms with Crippen molar-refractivity contribution in [2.24, 2.45) is 0 Å². The van der Waals surface area contributed by atoms with Crippen LogP contribution in [0.1, 0.15) is 15.2 Å². The Hall–Kier alpha value is -2.12. The van der Waals surface area contributed by atoms with Gasteiger partial charge in [-0.1, -0.05) is 11.3 Å². The maximum Gasteiger partial charge on any atom is 0.181 e. The topological polar surface area (TPSA) is 50.1 Å². The predicted molar refractivity (Wildman–Crippen MR) is 60.9 cm³/mol. The highest BCUT2D eigenvalue weighted by Gasteiger charge is 2.01. The first-order valence-electron chi connectivity index (χ1n) is 4.55. The van der Waals surface area contributed by atoms with Gasteiger partial charge in [0.25, 0.3) is 0 Å². The lowest BCUT2D eigenvalue weighted by Gasteiger charge is -2.01. The Morgan fingerprint density at radius 1 is 1.19 bits per heavy atom. The lowest BCUT2D eigenvalue weighted by Crippen LogP contribution is -1.80. The number of nitriles is 1. The van der Waals surface area contributed by atoms with Crippen LogP contribution < -0.4 is 4.74 Å². The summed E-state index contributed by atoms with van der Waals surface area (Å²) in [6.45, 7) is 0. The molecule has 78 valence electrons. The molecule has 0 atom stereocenters. The molecule has 0 bridgehead atoms. The molecule has 0 saturated heterocycles. The van der Waals surface area contributed by atoms with Crippen LogP contribution in [0, 0.1) is 11.3 Å². The smallest absolute Gasteiger partial charge is 0.181 e. The van der Waals surface area contributed by atoms with Gasteiger partial charge in [-0.05, 0) is 36.4 Å². The van der Waals surface area contributed by atoms with Crippen molar-refractivity contribution in [3.8, 4) is 16.9 Å². The molecule has 1 aromatic carbocycles. The average Bonchev–Trinajstić information content (AvgIpc) is 2.78. The second-order valence-electron chi connectivity index (χ2n) is 3.01. The van der Waals surface area contributed by atoms with E-state index in [-0.39, 0.29) is 0 Å². The fourth-order valence-corrected chi connectivity index (χ4v) is 1.86. The van der Waals surface area contributed by atoms with Crippen LogP contribution in [-0.2, 0) is 0 Å². The summed E-state index contributed by atoms with van der Waals surface area (Å²) in [5.74, 6) is 0.651. The molecule has 0 amide bonds. The number of thiophene rings is 1. The van der Waals surface area contributed by atoms with E-state index in [1.165, 1.54) is 11.3 Å². The summed E-state index contributed by atoms with van der Waals surface area (Å²) in [7, 11) is 0. The van der Waals surface area contributed by atoms with Gasteiger partial charge >= 0.3 is 0 Å². The average molecular weight is 229 g/mol. The number of carbonyl (C=O) groups excluding carboxylic acids is 1. The molecule has 2 aromatic rings. The number of ether oxygens (including phenoxy) is 1. The Bertz CT molecular complexity index is 537. The normalized spacial score (nSPS) is 9.44. The summed E-state index contributed by atoms with van der Waals surface area (Å²) in [5, 5.41) is 9.28. The van der Waals surface area contributed by atoms with Gasteiger partial charge in [0, 0.05) is 0 Å². The molecular weight excluding hydrogens is 222 g/mol. The van der Waals surface area contributed by atoms with Crippen LogP contribution in [0.5, 0.6) is 10.8 Å². The lowest BCUT2D eigenvalue weighted by molar-refractivity contribution is 0.112. The Balaban J connectivity index is 2.14. The van der Waals surface area contributed by atoms with Gasteiger partial charge in [0.15, 0.2) is 11.3 Å². The molecule has 1 heterocycles. The van der Waals surface area contributed by atoms with Crippen molar-refractivity contribution in [3.05, 3.63) is 46.8 Å². The van der Waals surface area contributed by atoms with Crippen LogP contribution in [0.4, 0.5) is 0 Å². The Morgan fingerprint density at radius 3 is 2.50 bits per heavy atom. The van der Waals surface area contributed by atoms with Crippen LogP contribution in [-0.4, -0.2) is 6.29 Å². The van der Waals surface area contributed by atoms with Crippen molar-refractivity contribution < 1.29 is 9.53 Å². The molecule has 0 spiro atoms. The summed E-state index contributed by atoms with van der Waals surface area (Å²) < 4.78 is 5.51. The summed E-state index contributed by atoms with van der Waals surface area (Å²) in [5.41, 5.74) is 0.590. The minimum atomic E-state index is 0.590. The van der Waals surface area contributed by atoms with Gasteiger partial charge in [0.05, 0.1) is 16.5 Å². The number of hydrogen-bond acceptors (Lipinski definition) is 4. The second kappa shape index (κ2) is 4.60. The fraction of sp³-hybridized carbons (Fsp3) is 0. The zero-order valence-electron chi connectivity index (χ0n) is 8.21. The van der Waals surface area contributed by atoms with Gasteiger partial charge in [-0.2, -0.15) is 5.26 Å². The van der Waals surface area contributed by atoms with Crippen molar-refractivity contribution in [1.82, 2.24) is 0 Å². The summed E-state index contributed by atoms with van der Waals surface area (Å²) in [4.78, 5) is 11.1. The van der Waals surface area contributed by atoms with Crippen molar-refractivity contribution in [2.45, 2.75) is 0 Å². The summed E-state index contributed by atoms with van der Waals surface area (Å²) >= 11 is 1.28. The number of hydrogen-bond donors (Lipinski definition) is 0. The predicted octanol–water partition coefficient (Wildman–Crippen LogP) is 3.22. The van der Waals surface area contributed by atoms with E-state index in [2.05, 4.69) is 0 Å². The van der Waals surface area contributed by atoms with Crippen LogP contribution in [0.2, 0.25) is 0 Å². The quantitative estimate of drug-likeness (QED) is 0.759. The molecule has 0 fully saturated rings. The minimum Gasteiger partial charge on any atom is -0.447 e. The summed E-state index contributed by atoms with van der Waals surface area (Å²) in [6.07, 6.45) is 0.788. The number of carbonyl (C=O) groups is 1. The fourth-order valence-electron chi connectivity index (χ4n) is 1.17. The molecule has 0 N–H and O–H groups in total. The summed E-state index contributed by atoms with van der Waals surface area (Å²) in [6, 6.07) is 12.3. The Kier molecular flexibility index (Phi) is 2.99. The van der Waals surface area contributed by atoms with Gasteiger partial charge in [0.2, 0.25) is 0 Å². The van der Waals surface area contributed by atoms with E-state index in [9.17, 15) is 4.79 Å². The Morgan fingerprint density at radius 2 is 1.94 bits per heavy atom. The number of benzene rings is 1. The van der Waals surface area contributed by atoms with Gasteiger partial charge < -0.3 is 4.74 Å². The maximum atomic E-state index is 10.5. The molecule has 4 heteroatoms. The van der Waals surface area contributed by atoms with Crippen molar-refractivity contribution in [3.63, 3.8) is 0 Å². The highest BCUT2D eigenvalue weighted by atomic mass is 32.1. The molecular formula is C12H7NO2S. The van der Waals surface area contributed by atoms with E-state index in [0.29, 0.717) is 21.3 Å². The zero-order chi connectivity index (χ0) is 11.4. The molecule has 3 nitrogen and oxygen atoms in total. The van der Waals surface area contributed by atoms with Gasteiger partial charge in [0.1, 0.15) is 5.75 Å². The molecule has 16 heavy (non-hydrogen) atoms. The molecule has 2 rings (SSSR count). The largest absolute Gasteiger partial charge is 0.447 e. The van der Waals surface area contributed by atoms with Crippen molar-refractivity contribution in [1.29, 1.82) is 5.26 Å². The first-order valence-corrected chi connectivity index (χ1v) is 5.36. The van der Waals surface area contributed by atoms with Crippen molar-refractivity contribution in [2.75, 3.05) is 0 Å². The van der Waals surface area contributed by atoms with Crippen LogP contribution >= 0.6 is 11.3 Å². The monoisotopic (exact) mass is 229 g/mol. The highest BCUT2D eigenvalue weighted by molar-refractivity contribution is 7.15. The van der Waals surface area contributed by atoms with Crippen LogP contribution in [0.25, 0.3) is 0 Å². The molecule has 0 radical (unpaired) electrons. The zero-order valence-corrected chi connectivity index (χ0v) is 9.03. The van der Waals surface area contributed by atoms with Gasteiger partial charge in [-0.25, -0.2) is 0 Å². The SMILES string of the molecule is N#Cc1ccc(Oc2ccc(C=O)s2)cc1. The minimum absolute atomic E-state index is 0.590. The molecule has 1 aromatic heterocycles. The third kappa shape index (κ3) is 2.27. The number of rotatable bonds is 3. The lowest BCUT2D eigenvalue weighted by atomic mass is 10.2. The first-order chi connectivity index (χ1) is 7.81. The maximum absolute atomic E-state index is 10.5. The van der Waals surface area contributed by atoms with E-state index in [4.69, 9.17) is 10.00 Å². The standard InChI is InChI=1S/C12H7NO2S/c13-7-9-1-3-10(4-2-9)15-12-6-5-11(8-14)16-12/h1-6,8H. The molecule has 0 aliphatic carbocycles. The highest BCUT2D eigenvalue weighted by Crippen LogP contribution is 2.28. The second-order valence-corrected chi connectivity index (χ2v) is 4.09. The first kappa shape index (κ1) is 10.4. The van der Waals surface area contributed by atoms with E-state index in [1.807, 2.05) is 6.07 Å². The number of aldehydes is 1. The van der Waals surface area contributed by atoms with E-state index in [0.717, 1.165) is 6.29 Å². The van der Waals surface area contributed by atoms with E-state index in [1.54, 1.807) is 36.4 Å². The third-order valence-corrected chi connectivity index (χ3v) is 2.81. The molecule has 0 saturated carbocycles. The van der Waals surface area contributed by atoms with Gasteiger partial charge in [-0.15, -0.1) is 0 Å². The van der Waals surface area contributed by atoms with Crippen molar-refractivity contribution >= 4 is 17.6 Å². The molecule has 0 unspecified atom stereocenters. The van der Waals surface area contributed by atoms with Gasteiger partial charge in [-0.3, -0.25) is 4.79 Å². The third-order valence-electron chi connectivity index (χ3n) is 1.92. The van der Waals surface area contributed by atoms with E-state index >= 15 is 0 Å². The number of nitrogens with zero attached hydrogens (tertiary/aromatic N) is 1. The van der Waals surface area contributed by atoms with E-state index < -0.39 is 0 Å². The molecule has 0 aliphatic rings. The van der Waals surface area contributed by atoms with Crippen LogP contribution in [0.15, 0.2) is 36.4 Å². The molecule has 0 aliphatic heterocycles. The van der Waals surface area contributed by atoms with Crippen LogP contribution in [0.3, 0.4) is 0 Å².